The molecule has 1 aliphatic rings. The number of benzene rings is 1. The molecule has 26 heavy (non-hydrogen) atoms. The van der Waals surface area contributed by atoms with Crippen LogP contribution in [0.15, 0.2) is 39.9 Å². The fraction of sp³-hybridized carbons (Fsp3) is 0.444. The molecule has 2 heterocycles. The molecule has 0 radical (unpaired) electrons. The average Bonchev–Trinajstić information content (AvgIpc) is 3.22. The van der Waals surface area contributed by atoms with Crippen LogP contribution in [0.25, 0.3) is 0 Å². The van der Waals surface area contributed by atoms with Gasteiger partial charge in [-0.1, -0.05) is 12.1 Å². The molecule has 8 heteroatoms. The van der Waals surface area contributed by atoms with E-state index in [0.29, 0.717) is 17.3 Å². The quantitative estimate of drug-likeness (QED) is 0.719. The Morgan fingerprint density at radius 2 is 1.77 bits per heavy atom. The maximum atomic E-state index is 12.6. The molecule has 0 N–H and O–H groups in total. The molecule has 0 saturated carbocycles. The van der Waals surface area contributed by atoms with Crippen LogP contribution in [0.1, 0.15) is 5.56 Å². The SMILES string of the molecule is COc1ccc(CCN2CCN(S(=O)(=O)c3cccs3)CC2)cc1OC. The van der Waals surface area contributed by atoms with E-state index < -0.39 is 10.0 Å². The molecule has 0 spiro atoms. The summed E-state index contributed by atoms with van der Waals surface area (Å²) < 4.78 is 37.7. The van der Waals surface area contributed by atoms with E-state index in [1.165, 1.54) is 16.9 Å². The third-order valence-corrected chi connectivity index (χ3v) is 7.86. The Balaban J connectivity index is 1.53. The molecule has 0 amide bonds. The van der Waals surface area contributed by atoms with Crippen LogP contribution in [0.2, 0.25) is 0 Å². The third kappa shape index (κ3) is 4.20. The number of methoxy groups -OCH3 is 2. The van der Waals surface area contributed by atoms with E-state index in [0.717, 1.165) is 37.6 Å². The summed E-state index contributed by atoms with van der Waals surface area (Å²) in [5.74, 6) is 1.46. The van der Waals surface area contributed by atoms with Crippen molar-refractivity contribution in [3.8, 4) is 11.5 Å². The minimum atomic E-state index is -3.33. The lowest BCUT2D eigenvalue weighted by atomic mass is 10.1. The van der Waals surface area contributed by atoms with Gasteiger partial charge in [-0.3, -0.25) is 0 Å². The van der Waals surface area contributed by atoms with Crippen molar-refractivity contribution in [1.29, 1.82) is 0 Å². The molecule has 142 valence electrons. The average molecular weight is 397 g/mol. The molecule has 0 unspecified atom stereocenters. The van der Waals surface area contributed by atoms with E-state index in [2.05, 4.69) is 4.90 Å². The van der Waals surface area contributed by atoms with Gasteiger partial charge >= 0.3 is 0 Å². The Kier molecular flexibility index (Phi) is 6.18. The van der Waals surface area contributed by atoms with Gasteiger partial charge in [0.25, 0.3) is 10.0 Å². The molecule has 0 aliphatic carbocycles. The Hall–Kier alpha value is -1.61. The minimum Gasteiger partial charge on any atom is -0.493 e. The van der Waals surface area contributed by atoms with Gasteiger partial charge in [-0.15, -0.1) is 11.3 Å². The molecular weight excluding hydrogens is 372 g/mol. The first-order valence-electron chi connectivity index (χ1n) is 8.51. The lowest BCUT2D eigenvalue weighted by Crippen LogP contribution is -2.48. The third-order valence-electron chi connectivity index (χ3n) is 4.59. The summed E-state index contributed by atoms with van der Waals surface area (Å²) >= 11 is 1.27. The Labute approximate surface area is 159 Å². The number of ether oxygens (including phenoxy) is 2. The zero-order valence-electron chi connectivity index (χ0n) is 15.1. The van der Waals surface area contributed by atoms with Crippen molar-refractivity contribution >= 4 is 21.4 Å². The number of piperazine rings is 1. The maximum Gasteiger partial charge on any atom is 0.252 e. The molecule has 6 nitrogen and oxygen atoms in total. The van der Waals surface area contributed by atoms with Crippen LogP contribution in [0.5, 0.6) is 11.5 Å². The molecule has 1 fully saturated rings. The minimum absolute atomic E-state index is 0.427. The molecule has 3 rings (SSSR count). The monoisotopic (exact) mass is 396 g/mol. The first-order valence-corrected chi connectivity index (χ1v) is 10.8. The second-order valence-corrected chi connectivity index (χ2v) is 9.23. The molecule has 2 aromatic rings. The van der Waals surface area contributed by atoms with Gasteiger partial charge in [0.05, 0.1) is 14.2 Å². The zero-order valence-corrected chi connectivity index (χ0v) is 16.7. The van der Waals surface area contributed by atoms with Crippen molar-refractivity contribution in [1.82, 2.24) is 9.21 Å². The number of sulfonamides is 1. The summed E-state index contributed by atoms with van der Waals surface area (Å²) in [5, 5.41) is 1.80. The van der Waals surface area contributed by atoms with Gasteiger partial charge in [0.1, 0.15) is 4.21 Å². The fourth-order valence-corrected chi connectivity index (χ4v) is 5.62. The summed E-state index contributed by atoms with van der Waals surface area (Å²) in [5.41, 5.74) is 1.18. The Morgan fingerprint density at radius 1 is 1.04 bits per heavy atom. The zero-order chi connectivity index (χ0) is 18.6. The summed E-state index contributed by atoms with van der Waals surface area (Å²) in [6, 6.07) is 9.40. The van der Waals surface area contributed by atoms with Gasteiger partial charge < -0.3 is 14.4 Å². The number of thiophene rings is 1. The summed E-state index contributed by atoms with van der Waals surface area (Å²) in [7, 11) is -0.0711. The number of hydrogen-bond donors (Lipinski definition) is 0. The van der Waals surface area contributed by atoms with Crippen LogP contribution in [-0.4, -0.2) is 64.6 Å². The van der Waals surface area contributed by atoms with E-state index in [9.17, 15) is 8.42 Å². The van der Waals surface area contributed by atoms with Crippen LogP contribution < -0.4 is 9.47 Å². The molecule has 1 aromatic heterocycles. The van der Waals surface area contributed by atoms with E-state index >= 15 is 0 Å². The molecule has 1 saturated heterocycles. The topological polar surface area (TPSA) is 59.1 Å². The largest absolute Gasteiger partial charge is 0.493 e. The summed E-state index contributed by atoms with van der Waals surface area (Å²) in [4.78, 5) is 2.30. The highest BCUT2D eigenvalue weighted by atomic mass is 32.2. The van der Waals surface area contributed by atoms with Gasteiger partial charge in [0.2, 0.25) is 0 Å². The molecule has 1 aliphatic heterocycles. The molecule has 0 atom stereocenters. The van der Waals surface area contributed by atoms with E-state index in [1.54, 1.807) is 36.0 Å². The second kappa shape index (κ2) is 8.39. The van der Waals surface area contributed by atoms with Gasteiger partial charge in [-0.2, -0.15) is 4.31 Å². The predicted molar refractivity (Wildman–Crippen MR) is 103 cm³/mol. The number of nitrogens with zero attached hydrogens (tertiary/aromatic N) is 2. The van der Waals surface area contributed by atoms with Gasteiger partial charge in [-0.25, -0.2) is 8.42 Å². The van der Waals surface area contributed by atoms with E-state index in [1.807, 2.05) is 18.2 Å². The highest BCUT2D eigenvalue weighted by Crippen LogP contribution is 2.28. The van der Waals surface area contributed by atoms with Gasteiger partial charge in [-0.05, 0) is 35.6 Å². The van der Waals surface area contributed by atoms with Crippen LogP contribution >= 0.6 is 11.3 Å². The van der Waals surface area contributed by atoms with Gasteiger partial charge in [0, 0.05) is 32.7 Å². The second-order valence-electron chi connectivity index (χ2n) is 6.12. The highest BCUT2D eigenvalue weighted by Gasteiger charge is 2.28. The smallest absolute Gasteiger partial charge is 0.252 e. The fourth-order valence-electron chi connectivity index (χ4n) is 3.05. The standard InChI is InChI=1S/C18H24N2O4S2/c1-23-16-6-5-15(14-17(16)24-2)7-8-19-9-11-20(12-10-19)26(21,22)18-4-3-13-25-18/h3-6,13-14H,7-12H2,1-2H3. The van der Waals surface area contributed by atoms with Crippen LogP contribution in [0.4, 0.5) is 0 Å². The molecular formula is C18H24N2O4S2. The number of rotatable bonds is 7. The first-order chi connectivity index (χ1) is 12.5. The van der Waals surface area contributed by atoms with Crippen molar-refractivity contribution in [3.05, 3.63) is 41.3 Å². The van der Waals surface area contributed by atoms with Crippen molar-refractivity contribution in [2.45, 2.75) is 10.6 Å². The summed E-state index contributed by atoms with van der Waals surface area (Å²) in [6.07, 6.45) is 0.887. The van der Waals surface area contributed by atoms with Crippen molar-refractivity contribution in [2.75, 3.05) is 46.9 Å². The highest BCUT2D eigenvalue weighted by molar-refractivity contribution is 7.91. The van der Waals surface area contributed by atoms with Crippen LogP contribution in [0.3, 0.4) is 0 Å². The lowest BCUT2D eigenvalue weighted by Gasteiger charge is -2.33. The van der Waals surface area contributed by atoms with Crippen molar-refractivity contribution < 1.29 is 17.9 Å². The lowest BCUT2D eigenvalue weighted by molar-refractivity contribution is 0.190. The maximum absolute atomic E-state index is 12.6. The van der Waals surface area contributed by atoms with E-state index in [-0.39, 0.29) is 0 Å². The van der Waals surface area contributed by atoms with Crippen molar-refractivity contribution in [2.24, 2.45) is 0 Å². The molecule has 0 bridgehead atoms. The Bertz CT molecular complexity index is 814. The summed E-state index contributed by atoms with van der Waals surface area (Å²) in [6.45, 7) is 3.45. The van der Waals surface area contributed by atoms with Gasteiger partial charge in [0.15, 0.2) is 11.5 Å². The number of hydrogen-bond acceptors (Lipinski definition) is 6. The van der Waals surface area contributed by atoms with E-state index in [4.69, 9.17) is 9.47 Å². The van der Waals surface area contributed by atoms with Crippen molar-refractivity contribution in [3.63, 3.8) is 0 Å². The first kappa shape index (κ1) is 19.2. The predicted octanol–water partition coefficient (Wildman–Crippen LogP) is 2.31. The Morgan fingerprint density at radius 3 is 2.38 bits per heavy atom. The van der Waals surface area contributed by atoms with Crippen LogP contribution in [-0.2, 0) is 16.4 Å². The molecule has 1 aromatic carbocycles. The van der Waals surface area contributed by atoms with Crippen LogP contribution in [0, 0.1) is 0 Å². The normalized spacial score (nSPS) is 16.5.